The second-order valence-electron chi connectivity index (χ2n) is 6.96. The molecule has 7 heteroatoms. The highest BCUT2D eigenvalue weighted by molar-refractivity contribution is 6.27. The van der Waals surface area contributed by atoms with E-state index in [-0.39, 0.29) is 5.82 Å². The number of hydrogen-bond donors (Lipinski definition) is 2. The van der Waals surface area contributed by atoms with E-state index >= 15 is 0 Å². The van der Waals surface area contributed by atoms with Crippen LogP contribution < -0.4 is 0 Å². The van der Waals surface area contributed by atoms with Gasteiger partial charge in [-0.15, -0.1) is 0 Å². The van der Waals surface area contributed by atoms with Crippen molar-refractivity contribution >= 4 is 11.9 Å². The lowest BCUT2D eigenvalue weighted by Crippen LogP contribution is -2.47. The quantitative estimate of drug-likeness (QED) is 0.619. The molecule has 1 aromatic carbocycles. The number of piperazine rings is 1. The Kier molecular flexibility index (Phi) is 8.42. The molecule has 148 valence electrons. The monoisotopic (exact) mass is 378 g/mol. The Bertz CT molecular complexity index is 628. The maximum Gasteiger partial charge on any atom is 0.414 e. The lowest BCUT2D eigenvalue weighted by atomic mass is 9.94. The van der Waals surface area contributed by atoms with Gasteiger partial charge in [0.15, 0.2) is 0 Å². The standard InChI is InChI=1S/C18H25FN2.C2H2O4/c19-18-8-6-17(7-9-18)15-21-12-10-20(11-13-21)14-16-4-2-1-3-5-16;3-1(4)2(5)6/h1-2,6-9,16H,3-5,10-15H2;(H,3,4)(H,5,6). The molecule has 1 aromatic rings. The molecule has 1 unspecified atom stereocenters. The number of rotatable bonds is 4. The summed E-state index contributed by atoms with van der Waals surface area (Å²) in [4.78, 5) is 23.3. The van der Waals surface area contributed by atoms with Crippen LogP contribution in [0.15, 0.2) is 36.4 Å². The molecule has 0 saturated carbocycles. The molecule has 1 heterocycles. The minimum atomic E-state index is -1.82. The smallest absolute Gasteiger partial charge is 0.414 e. The maximum absolute atomic E-state index is 12.9. The first-order chi connectivity index (χ1) is 12.9. The summed E-state index contributed by atoms with van der Waals surface area (Å²) in [6, 6.07) is 6.91. The molecule has 0 amide bonds. The maximum atomic E-state index is 12.9. The van der Waals surface area contributed by atoms with E-state index in [0.29, 0.717) is 0 Å². The number of benzene rings is 1. The Morgan fingerprint density at radius 3 is 2.07 bits per heavy atom. The van der Waals surface area contributed by atoms with E-state index in [4.69, 9.17) is 19.8 Å². The highest BCUT2D eigenvalue weighted by Gasteiger charge is 2.20. The van der Waals surface area contributed by atoms with Crippen LogP contribution in [-0.2, 0) is 16.1 Å². The summed E-state index contributed by atoms with van der Waals surface area (Å²) in [5.74, 6) is -2.94. The van der Waals surface area contributed by atoms with Gasteiger partial charge in [-0.3, -0.25) is 4.90 Å². The van der Waals surface area contributed by atoms with Crippen LogP contribution in [0.1, 0.15) is 24.8 Å². The molecule has 1 aliphatic carbocycles. The van der Waals surface area contributed by atoms with Crippen molar-refractivity contribution in [3.63, 3.8) is 0 Å². The van der Waals surface area contributed by atoms with Crippen molar-refractivity contribution in [1.29, 1.82) is 0 Å². The summed E-state index contributed by atoms with van der Waals surface area (Å²) in [6.07, 6.45) is 8.54. The zero-order chi connectivity index (χ0) is 19.6. The van der Waals surface area contributed by atoms with E-state index in [0.717, 1.165) is 25.6 Å². The van der Waals surface area contributed by atoms with Gasteiger partial charge in [0, 0.05) is 39.3 Å². The van der Waals surface area contributed by atoms with Crippen molar-refractivity contribution < 1.29 is 24.2 Å². The second-order valence-corrected chi connectivity index (χ2v) is 6.96. The lowest BCUT2D eigenvalue weighted by molar-refractivity contribution is -0.159. The molecule has 0 radical (unpaired) electrons. The number of carboxylic acids is 2. The molecule has 2 N–H and O–H groups in total. The zero-order valence-electron chi connectivity index (χ0n) is 15.4. The highest BCUT2D eigenvalue weighted by Crippen LogP contribution is 2.20. The van der Waals surface area contributed by atoms with Crippen molar-refractivity contribution in [2.75, 3.05) is 32.7 Å². The molecule has 0 spiro atoms. The van der Waals surface area contributed by atoms with E-state index in [9.17, 15) is 4.39 Å². The van der Waals surface area contributed by atoms with E-state index < -0.39 is 11.9 Å². The molecule has 1 aliphatic heterocycles. The molecule has 6 nitrogen and oxygen atoms in total. The van der Waals surface area contributed by atoms with Gasteiger partial charge < -0.3 is 15.1 Å². The Morgan fingerprint density at radius 1 is 0.963 bits per heavy atom. The first-order valence-corrected chi connectivity index (χ1v) is 9.24. The van der Waals surface area contributed by atoms with Crippen LogP contribution in [0.2, 0.25) is 0 Å². The average Bonchev–Trinajstić information content (AvgIpc) is 2.66. The third kappa shape index (κ3) is 7.88. The second kappa shape index (κ2) is 10.8. The van der Waals surface area contributed by atoms with Crippen LogP contribution in [0.5, 0.6) is 0 Å². The molecular formula is C20H27FN2O4. The summed E-state index contributed by atoms with van der Waals surface area (Å²) in [5.41, 5.74) is 1.21. The van der Waals surface area contributed by atoms with Gasteiger partial charge in [-0.05, 0) is 42.9 Å². The van der Waals surface area contributed by atoms with Gasteiger partial charge in [-0.1, -0.05) is 24.3 Å². The summed E-state index contributed by atoms with van der Waals surface area (Å²) < 4.78 is 12.9. The Hall–Kier alpha value is -2.25. The average molecular weight is 378 g/mol. The van der Waals surface area contributed by atoms with Crippen LogP contribution in [0.4, 0.5) is 4.39 Å². The molecule has 3 rings (SSSR count). The van der Waals surface area contributed by atoms with Crippen LogP contribution >= 0.6 is 0 Å². The lowest BCUT2D eigenvalue weighted by Gasteiger charge is -2.36. The van der Waals surface area contributed by atoms with Gasteiger partial charge in [0.1, 0.15) is 5.82 Å². The predicted octanol–water partition coefficient (Wildman–Crippen LogP) is 2.46. The molecule has 27 heavy (non-hydrogen) atoms. The zero-order valence-corrected chi connectivity index (χ0v) is 15.4. The van der Waals surface area contributed by atoms with Gasteiger partial charge in [-0.2, -0.15) is 0 Å². The molecule has 1 saturated heterocycles. The van der Waals surface area contributed by atoms with E-state index in [2.05, 4.69) is 22.0 Å². The minimum Gasteiger partial charge on any atom is -0.473 e. The normalized spacial score (nSPS) is 20.6. The molecule has 0 bridgehead atoms. The van der Waals surface area contributed by atoms with E-state index in [1.54, 1.807) is 12.1 Å². The first-order valence-electron chi connectivity index (χ1n) is 9.24. The number of carboxylic acid groups (broad SMARTS) is 2. The van der Waals surface area contributed by atoms with Gasteiger partial charge in [0.05, 0.1) is 0 Å². The number of allylic oxidation sites excluding steroid dienone is 2. The minimum absolute atomic E-state index is 0.148. The van der Waals surface area contributed by atoms with Crippen molar-refractivity contribution in [1.82, 2.24) is 9.80 Å². The van der Waals surface area contributed by atoms with Gasteiger partial charge >= 0.3 is 11.9 Å². The van der Waals surface area contributed by atoms with Crippen LogP contribution in [0.3, 0.4) is 0 Å². The van der Waals surface area contributed by atoms with Gasteiger partial charge in [0.2, 0.25) is 0 Å². The number of halogens is 1. The number of hydrogen-bond acceptors (Lipinski definition) is 4. The third-order valence-electron chi connectivity index (χ3n) is 4.86. The Morgan fingerprint density at radius 2 is 1.56 bits per heavy atom. The van der Waals surface area contributed by atoms with Crippen molar-refractivity contribution in [2.24, 2.45) is 5.92 Å². The Balaban J connectivity index is 0.000000380. The molecule has 2 aliphatic rings. The number of carbonyl (C=O) groups is 2. The van der Waals surface area contributed by atoms with Crippen molar-refractivity contribution in [2.45, 2.75) is 25.8 Å². The fourth-order valence-corrected chi connectivity index (χ4v) is 3.37. The SMILES string of the molecule is Fc1ccc(CN2CCN(CC3CC=CCC3)CC2)cc1.O=C(O)C(=O)O. The Labute approximate surface area is 158 Å². The molecular weight excluding hydrogens is 351 g/mol. The summed E-state index contributed by atoms with van der Waals surface area (Å²) in [7, 11) is 0. The fourth-order valence-electron chi connectivity index (χ4n) is 3.37. The number of nitrogens with zero attached hydrogens (tertiary/aromatic N) is 2. The number of aliphatic carboxylic acids is 2. The van der Waals surface area contributed by atoms with Crippen LogP contribution in [-0.4, -0.2) is 64.7 Å². The predicted molar refractivity (Wildman–Crippen MR) is 99.9 cm³/mol. The van der Waals surface area contributed by atoms with Crippen LogP contribution in [0.25, 0.3) is 0 Å². The summed E-state index contributed by atoms with van der Waals surface area (Å²) in [6.45, 7) is 6.79. The largest absolute Gasteiger partial charge is 0.473 e. The molecule has 1 atom stereocenters. The van der Waals surface area contributed by atoms with E-state index in [1.807, 2.05) is 12.1 Å². The fraction of sp³-hybridized carbons (Fsp3) is 0.500. The third-order valence-corrected chi connectivity index (χ3v) is 4.86. The van der Waals surface area contributed by atoms with Crippen molar-refractivity contribution in [3.05, 3.63) is 47.8 Å². The molecule has 0 aromatic heterocycles. The summed E-state index contributed by atoms with van der Waals surface area (Å²) in [5, 5.41) is 14.8. The van der Waals surface area contributed by atoms with Gasteiger partial charge in [-0.25, -0.2) is 14.0 Å². The van der Waals surface area contributed by atoms with E-state index in [1.165, 1.54) is 44.5 Å². The highest BCUT2D eigenvalue weighted by atomic mass is 19.1. The molecule has 1 fully saturated rings. The van der Waals surface area contributed by atoms with Crippen LogP contribution in [0, 0.1) is 11.7 Å². The first kappa shape index (κ1) is 21.1. The van der Waals surface area contributed by atoms with Gasteiger partial charge in [0.25, 0.3) is 0 Å². The van der Waals surface area contributed by atoms with Crippen molar-refractivity contribution in [3.8, 4) is 0 Å². The topological polar surface area (TPSA) is 81.1 Å². The summed E-state index contributed by atoms with van der Waals surface area (Å²) >= 11 is 0.